The first-order chi connectivity index (χ1) is 20.4. The van der Waals surface area contributed by atoms with E-state index in [1.807, 2.05) is 52.0 Å². The molecule has 0 fully saturated rings. The Bertz CT molecular complexity index is 1890. The fourth-order valence-electron chi connectivity index (χ4n) is 6.10. The maximum atomic E-state index is 11.5. The van der Waals surface area contributed by atoms with Gasteiger partial charge in [0.25, 0.3) is 0 Å². The zero-order chi connectivity index (χ0) is 31.2. The number of carboxylic acid groups (broad SMARTS) is 2. The van der Waals surface area contributed by atoms with Gasteiger partial charge in [0, 0.05) is 18.4 Å². The maximum absolute atomic E-state index is 11.5. The molecule has 44 heavy (non-hydrogen) atoms. The van der Waals surface area contributed by atoms with Crippen molar-refractivity contribution in [2.75, 3.05) is 0 Å². The molecule has 10 heteroatoms. The molecule has 9 nitrogen and oxygen atoms in total. The van der Waals surface area contributed by atoms with E-state index < -0.39 is 18.0 Å². The van der Waals surface area contributed by atoms with E-state index in [-0.39, 0.29) is 36.3 Å². The van der Waals surface area contributed by atoms with Crippen LogP contribution in [0.4, 0.5) is 0 Å². The number of fused-ring (bicyclic) bond motifs is 8. The van der Waals surface area contributed by atoms with Crippen LogP contribution in [0.15, 0.2) is 24.3 Å². The van der Waals surface area contributed by atoms with Crippen molar-refractivity contribution in [1.82, 2.24) is 19.9 Å². The molecule has 0 aliphatic carbocycles. The number of rotatable bonds is 8. The third-order valence-corrected chi connectivity index (χ3v) is 8.51. The molecule has 2 aliphatic heterocycles. The molecule has 0 spiro atoms. The van der Waals surface area contributed by atoms with Gasteiger partial charge in [0.15, 0.2) is 0 Å². The van der Waals surface area contributed by atoms with Gasteiger partial charge in [-0.05, 0) is 70.6 Å². The topological polar surface area (TPSA) is 149 Å². The van der Waals surface area contributed by atoms with Gasteiger partial charge in [-0.2, -0.15) is 0 Å². The first-order valence-corrected chi connectivity index (χ1v) is 14.6. The number of aromatic nitrogens is 4. The Hall–Kier alpha value is -3.98. The van der Waals surface area contributed by atoms with Gasteiger partial charge in [-0.25, -0.2) is 9.97 Å². The molecule has 0 aromatic carbocycles. The minimum Gasteiger partial charge on any atom is -0.657 e. The first kappa shape index (κ1) is 32.9. The van der Waals surface area contributed by atoms with Crippen LogP contribution in [0, 0.1) is 13.8 Å². The van der Waals surface area contributed by atoms with E-state index in [0.717, 1.165) is 62.0 Å². The Morgan fingerprint density at radius 2 is 1.20 bits per heavy atom. The van der Waals surface area contributed by atoms with E-state index in [1.54, 1.807) is 6.92 Å². The summed E-state index contributed by atoms with van der Waals surface area (Å²) in [7, 11) is 0. The van der Waals surface area contributed by atoms with Crippen LogP contribution >= 0.6 is 0 Å². The van der Waals surface area contributed by atoms with Gasteiger partial charge >= 0.3 is 29.0 Å². The molecule has 3 aromatic heterocycles. The molecule has 5 rings (SSSR count). The smallest absolute Gasteiger partial charge is 0.657 e. The summed E-state index contributed by atoms with van der Waals surface area (Å²) in [6.07, 6.45) is 0.469. The van der Waals surface area contributed by atoms with Crippen LogP contribution < -0.4 is 9.97 Å². The number of carbonyl (C=O) groups is 2. The SMILES string of the molecule is CCc1c(C)c2cc3nc(cc4[n-]c(cc5nc(cc1[n-]2)C(C)=C5CCC(=O)O)c(CCC(=O)O)c4C)C(C)=C3[C@@H](C)O.[Fe+2]. The van der Waals surface area contributed by atoms with Crippen molar-refractivity contribution >= 4 is 56.3 Å². The van der Waals surface area contributed by atoms with Crippen LogP contribution in [0.2, 0.25) is 0 Å². The second kappa shape index (κ2) is 12.9. The molecular weight excluding hydrogens is 600 g/mol. The molecule has 3 N–H and O–H groups in total. The molecule has 230 valence electrons. The van der Waals surface area contributed by atoms with Crippen molar-refractivity contribution in [3.05, 3.63) is 69.3 Å². The van der Waals surface area contributed by atoms with Crippen LogP contribution in [0.3, 0.4) is 0 Å². The van der Waals surface area contributed by atoms with Crippen LogP contribution in [0.1, 0.15) is 92.0 Å². The fraction of sp³-hybridized carbons (Fsp3) is 0.353. The molecule has 0 amide bonds. The summed E-state index contributed by atoms with van der Waals surface area (Å²) in [6, 6.07) is 7.59. The summed E-state index contributed by atoms with van der Waals surface area (Å²) in [6.45, 7) is 11.6. The Balaban J connectivity index is 0.00000442. The third kappa shape index (κ3) is 6.15. The van der Waals surface area contributed by atoms with Gasteiger partial charge in [-0.1, -0.05) is 53.4 Å². The first-order valence-electron chi connectivity index (χ1n) is 14.6. The maximum Gasteiger partial charge on any atom is 2.00 e. The van der Waals surface area contributed by atoms with Crippen molar-refractivity contribution < 1.29 is 42.0 Å². The molecule has 2 aliphatic rings. The largest absolute Gasteiger partial charge is 2.00 e. The number of carboxylic acids is 2. The van der Waals surface area contributed by atoms with E-state index >= 15 is 0 Å². The predicted octanol–water partition coefficient (Wildman–Crippen LogP) is 5.87. The molecule has 8 bridgehead atoms. The summed E-state index contributed by atoms with van der Waals surface area (Å²) < 4.78 is 0. The Morgan fingerprint density at radius 3 is 1.80 bits per heavy atom. The third-order valence-electron chi connectivity index (χ3n) is 8.51. The van der Waals surface area contributed by atoms with Crippen molar-refractivity contribution in [2.24, 2.45) is 0 Å². The van der Waals surface area contributed by atoms with Crippen molar-refractivity contribution in [2.45, 2.75) is 79.8 Å². The minimum absolute atomic E-state index is 0. The average molecular weight is 637 g/mol. The van der Waals surface area contributed by atoms with E-state index in [1.165, 1.54) is 0 Å². The molecule has 0 unspecified atom stereocenters. The molecule has 3 aromatic rings. The van der Waals surface area contributed by atoms with Gasteiger partial charge in [0.2, 0.25) is 0 Å². The number of aryl methyl sites for hydroxylation is 4. The van der Waals surface area contributed by atoms with E-state index in [9.17, 15) is 24.9 Å². The quantitative estimate of drug-likeness (QED) is 0.258. The summed E-state index contributed by atoms with van der Waals surface area (Å²) in [4.78, 5) is 42.8. The average Bonchev–Trinajstić information content (AvgIpc) is 3.59. The number of aliphatic hydroxyl groups excluding tert-OH is 1. The minimum atomic E-state index is -0.907. The Labute approximate surface area is 266 Å². The van der Waals surface area contributed by atoms with Gasteiger partial charge in [0.1, 0.15) is 0 Å². The van der Waals surface area contributed by atoms with Crippen molar-refractivity contribution in [3.63, 3.8) is 0 Å². The fourth-order valence-corrected chi connectivity index (χ4v) is 6.10. The number of hydrogen-bond acceptors (Lipinski definition) is 5. The summed E-state index contributed by atoms with van der Waals surface area (Å²) in [5.41, 5.74) is 12.5. The molecule has 0 radical (unpaired) electrons. The summed E-state index contributed by atoms with van der Waals surface area (Å²) in [5, 5.41) is 29.7. The van der Waals surface area contributed by atoms with Gasteiger partial charge in [0.05, 0.1) is 28.9 Å². The van der Waals surface area contributed by atoms with E-state index in [0.29, 0.717) is 40.2 Å². The van der Waals surface area contributed by atoms with Crippen LogP contribution in [-0.2, 0) is 39.5 Å². The Kier molecular flexibility index (Phi) is 9.68. The monoisotopic (exact) mass is 636 g/mol. The van der Waals surface area contributed by atoms with Gasteiger partial charge in [-0.15, -0.1) is 22.1 Å². The molecular formula is C34H36FeN4O5. The summed E-state index contributed by atoms with van der Waals surface area (Å²) in [5.74, 6) is -1.80. The molecule has 1 atom stereocenters. The predicted molar refractivity (Wildman–Crippen MR) is 167 cm³/mol. The zero-order valence-electron chi connectivity index (χ0n) is 25.7. The Morgan fingerprint density at radius 1 is 0.727 bits per heavy atom. The number of allylic oxidation sites excluding steroid dienone is 3. The van der Waals surface area contributed by atoms with Gasteiger partial charge < -0.3 is 25.3 Å². The number of aliphatic hydroxyl groups is 1. The second-order valence-electron chi connectivity index (χ2n) is 11.3. The molecule has 5 heterocycles. The molecule has 0 saturated carbocycles. The van der Waals surface area contributed by atoms with Crippen LogP contribution in [0.25, 0.3) is 44.4 Å². The van der Waals surface area contributed by atoms with Crippen molar-refractivity contribution in [3.8, 4) is 0 Å². The van der Waals surface area contributed by atoms with Crippen LogP contribution in [0.5, 0.6) is 0 Å². The number of hydrogen-bond donors (Lipinski definition) is 3. The number of aliphatic carboxylic acids is 2. The standard InChI is InChI=1S/C34H38N4O5.Fe/c1-7-21-16(2)26-14-31-34(20(6)39)19(5)27(38-31)12-24-17(3)22(8-10-32(40)41)29(36-24)15-30-23(9-11-33(42)43)18(4)25(37-30)13-28(21)35-26;/h12-15,20,39H,7-11H2,1-6H3,(H4,35,36,37,38,40,41,42,43);/q;+2/p-2/t20-;/m1./s1. The van der Waals surface area contributed by atoms with E-state index in [4.69, 9.17) is 19.9 Å². The second-order valence-corrected chi connectivity index (χ2v) is 11.3. The van der Waals surface area contributed by atoms with Crippen LogP contribution in [-0.4, -0.2) is 43.3 Å². The van der Waals surface area contributed by atoms with E-state index in [2.05, 4.69) is 6.92 Å². The van der Waals surface area contributed by atoms with Gasteiger partial charge in [-0.3, -0.25) is 9.59 Å². The number of nitrogens with zero attached hydrogens (tertiary/aromatic N) is 4. The molecule has 0 saturated heterocycles. The summed E-state index contributed by atoms with van der Waals surface area (Å²) >= 11 is 0. The van der Waals surface area contributed by atoms with Crippen molar-refractivity contribution in [1.29, 1.82) is 0 Å². The zero-order valence-corrected chi connectivity index (χ0v) is 26.8. The normalized spacial score (nSPS) is 13.7.